The third-order valence-electron chi connectivity index (χ3n) is 2.25. The lowest BCUT2D eigenvalue weighted by atomic mass is 10.2. The maximum absolute atomic E-state index is 5.36. The second-order valence-corrected chi connectivity index (χ2v) is 4.17. The predicted molar refractivity (Wildman–Crippen MR) is 73.9 cm³/mol. The van der Waals surface area contributed by atoms with E-state index in [1.54, 1.807) is 5.01 Å². The summed E-state index contributed by atoms with van der Waals surface area (Å²) in [6, 6.07) is 9.96. The van der Waals surface area contributed by atoms with Gasteiger partial charge in [0.1, 0.15) is 4.99 Å². The van der Waals surface area contributed by atoms with Crippen LogP contribution in [0.3, 0.4) is 0 Å². The molecule has 0 N–H and O–H groups in total. The molecule has 0 radical (unpaired) electrons. The van der Waals surface area contributed by atoms with E-state index in [4.69, 9.17) is 12.2 Å². The highest BCUT2D eigenvalue weighted by atomic mass is 32.1. The van der Waals surface area contributed by atoms with Gasteiger partial charge in [0.05, 0.1) is 0 Å². The number of rotatable bonds is 4. The Morgan fingerprint density at radius 2 is 1.94 bits per heavy atom. The summed E-state index contributed by atoms with van der Waals surface area (Å²) in [6.45, 7) is 4.18. The van der Waals surface area contributed by atoms with Gasteiger partial charge in [-0.3, -0.25) is 5.01 Å². The molecule has 1 aromatic rings. The Balaban J connectivity index is 2.72. The normalized spacial score (nSPS) is 11.3. The van der Waals surface area contributed by atoms with E-state index >= 15 is 0 Å². The van der Waals surface area contributed by atoms with Gasteiger partial charge in [-0.15, -0.1) is 0 Å². The van der Waals surface area contributed by atoms with Crippen molar-refractivity contribution in [1.82, 2.24) is 5.01 Å². The molecule has 1 aromatic carbocycles. The highest BCUT2D eigenvalue weighted by Crippen LogP contribution is 2.06. The summed E-state index contributed by atoms with van der Waals surface area (Å²) >= 11 is 5.36. The number of nitrogens with zero attached hydrogens (tertiary/aromatic N) is 2. The van der Waals surface area contributed by atoms with Crippen molar-refractivity contribution < 1.29 is 0 Å². The zero-order chi connectivity index (χ0) is 12.0. The SMILES string of the molecule is CCC/C(C)=N\N(C)C(=S)c1ccccc1. The van der Waals surface area contributed by atoms with Crippen molar-refractivity contribution in [2.75, 3.05) is 7.05 Å². The fourth-order valence-corrected chi connectivity index (χ4v) is 1.66. The maximum Gasteiger partial charge on any atom is 0.129 e. The Hall–Kier alpha value is -1.22. The van der Waals surface area contributed by atoms with E-state index in [9.17, 15) is 0 Å². The van der Waals surface area contributed by atoms with E-state index in [1.807, 2.05) is 44.3 Å². The van der Waals surface area contributed by atoms with Gasteiger partial charge in [0.15, 0.2) is 0 Å². The zero-order valence-electron chi connectivity index (χ0n) is 10.1. The molecule has 0 saturated heterocycles. The number of hydrogen-bond acceptors (Lipinski definition) is 2. The monoisotopic (exact) mass is 234 g/mol. The average Bonchev–Trinajstić information content (AvgIpc) is 2.29. The minimum Gasteiger partial charge on any atom is -0.257 e. The summed E-state index contributed by atoms with van der Waals surface area (Å²) in [5.74, 6) is 0. The molecule has 0 amide bonds. The molecule has 86 valence electrons. The first-order valence-corrected chi connectivity index (χ1v) is 5.93. The molecular weight excluding hydrogens is 216 g/mol. The fraction of sp³-hybridized carbons (Fsp3) is 0.385. The second-order valence-electron chi connectivity index (χ2n) is 3.78. The molecule has 0 heterocycles. The first kappa shape index (κ1) is 12.8. The summed E-state index contributed by atoms with van der Waals surface area (Å²) in [5, 5.41) is 6.23. The van der Waals surface area contributed by atoms with Crippen LogP contribution in [0.4, 0.5) is 0 Å². The van der Waals surface area contributed by atoms with E-state index < -0.39 is 0 Å². The molecule has 0 fully saturated rings. The highest BCUT2D eigenvalue weighted by Gasteiger charge is 2.05. The summed E-state index contributed by atoms with van der Waals surface area (Å²) in [7, 11) is 1.90. The smallest absolute Gasteiger partial charge is 0.129 e. The van der Waals surface area contributed by atoms with E-state index in [2.05, 4.69) is 12.0 Å². The van der Waals surface area contributed by atoms with E-state index in [1.165, 1.54) is 0 Å². The predicted octanol–water partition coefficient (Wildman–Crippen LogP) is 3.47. The molecule has 16 heavy (non-hydrogen) atoms. The molecule has 0 unspecified atom stereocenters. The molecule has 0 aromatic heterocycles. The Morgan fingerprint density at radius 3 is 2.50 bits per heavy atom. The number of benzene rings is 1. The van der Waals surface area contributed by atoms with Crippen LogP contribution in [0.2, 0.25) is 0 Å². The quantitative estimate of drug-likeness (QED) is 0.450. The van der Waals surface area contributed by atoms with Crippen LogP contribution in [-0.2, 0) is 0 Å². The third-order valence-corrected chi connectivity index (χ3v) is 2.75. The number of thiocarbonyl (C=S) groups is 1. The first-order valence-electron chi connectivity index (χ1n) is 5.52. The van der Waals surface area contributed by atoms with Gasteiger partial charge in [0.2, 0.25) is 0 Å². The first-order chi connectivity index (χ1) is 7.65. The Morgan fingerprint density at radius 1 is 1.31 bits per heavy atom. The molecule has 1 rings (SSSR count). The highest BCUT2D eigenvalue weighted by molar-refractivity contribution is 7.80. The standard InChI is InChI=1S/C13H18N2S/c1-4-8-11(2)14-15(3)13(16)12-9-6-5-7-10-12/h5-7,9-10H,4,8H2,1-3H3/b14-11-. The lowest BCUT2D eigenvalue weighted by molar-refractivity contribution is 0.552. The van der Waals surface area contributed by atoms with E-state index in [-0.39, 0.29) is 0 Å². The van der Waals surface area contributed by atoms with Crippen molar-refractivity contribution in [3.05, 3.63) is 35.9 Å². The summed E-state index contributed by atoms with van der Waals surface area (Å²) in [4.78, 5) is 0.760. The summed E-state index contributed by atoms with van der Waals surface area (Å²) in [6.07, 6.45) is 2.13. The van der Waals surface area contributed by atoms with Crippen LogP contribution in [-0.4, -0.2) is 22.8 Å². The van der Waals surface area contributed by atoms with Gasteiger partial charge < -0.3 is 0 Å². The molecule has 0 spiro atoms. The molecule has 3 heteroatoms. The number of hydrazone groups is 1. The van der Waals surface area contributed by atoms with Crippen molar-refractivity contribution in [3.8, 4) is 0 Å². The van der Waals surface area contributed by atoms with Crippen LogP contribution in [0.25, 0.3) is 0 Å². The van der Waals surface area contributed by atoms with Crippen LogP contribution < -0.4 is 0 Å². The molecule has 0 bridgehead atoms. The van der Waals surface area contributed by atoms with Gasteiger partial charge in [0.25, 0.3) is 0 Å². The average molecular weight is 234 g/mol. The van der Waals surface area contributed by atoms with Crippen molar-refractivity contribution in [2.45, 2.75) is 26.7 Å². The van der Waals surface area contributed by atoms with Crippen LogP contribution in [0.1, 0.15) is 32.3 Å². The van der Waals surface area contributed by atoms with Crippen molar-refractivity contribution in [3.63, 3.8) is 0 Å². The molecule has 0 atom stereocenters. The van der Waals surface area contributed by atoms with Crippen LogP contribution >= 0.6 is 12.2 Å². The van der Waals surface area contributed by atoms with Gasteiger partial charge in [-0.25, -0.2) is 0 Å². The minimum atomic E-state index is 0.760. The molecule has 0 aliphatic rings. The van der Waals surface area contributed by atoms with Crippen LogP contribution in [0.15, 0.2) is 35.4 Å². The minimum absolute atomic E-state index is 0.760. The molecule has 0 aliphatic heterocycles. The van der Waals surface area contributed by atoms with Gasteiger partial charge in [-0.2, -0.15) is 5.10 Å². The maximum atomic E-state index is 5.36. The molecule has 2 nitrogen and oxygen atoms in total. The molecular formula is C13H18N2S. The van der Waals surface area contributed by atoms with Crippen molar-refractivity contribution >= 4 is 22.9 Å². The van der Waals surface area contributed by atoms with Gasteiger partial charge in [-0.1, -0.05) is 55.9 Å². The van der Waals surface area contributed by atoms with Crippen molar-refractivity contribution in [2.24, 2.45) is 5.10 Å². The Labute approximate surface area is 103 Å². The topological polar surface area (TPSA) is 15.6 Å². The third kappa shape index (κ3) is 3.74. The van der Waals surface area contributed by atoms with E-state index in [0.717, 1.165) is 29.1 Å². The summed E-state index contributed by atoms with van der Waals surface area (Å²) < 4.78 is 0. The second kappa shape index (κ2) is 6.38. The van der Waals surface area contributed by atoms with Crippen molar-refractivity contribution in [1.29, 1.82) is 0 Å². The van der Waals surface area contributed by atoms with Gasteiger partial charge in [-0.05, 0) is 13.3 Å². The Kier molecular flexibility index (Phi) is 5.12. The lowest BCUT2D eigenvalue weighted by Crippen LogP contribution is -2.21. The van der Waals surface area contributed by atoms with Gasteiger partial charge in [0, 0.05) is 18.3 Å². The molecule has 0 aliphatic carbocycles. The van der Waals surface area contributed by atoms with Crippen LogP contribution in [0, 0.1) is 0 Å². The zero-order valence-corrected chi connectivity index (χ0v) is 10.9. The van der Waals surface area contributed by atoms with Gasteiger partial charge >= 0.3 is 0 Å². The van der Waals surface area contributed by atoms with Crippen LogP contribution in [0.5, 0.6) is 0 Å². The van der Waals surface area contributed by atoms with E-state index in [0.29, 0.717) is 0 Å². The lowest BCUT2D eigenvalue weighted by Gasteiger charge is -2.15. The fourth-order valence-electron chi connectivity index (χ4n) is 1.48. The summed E-state index contributed by atoms with van der Waals surface area (Å²) in [5.41, 5.74) is 2.15. The number of hydrogen-bond donors (Lipinski definition) is 0. The largest absolute Gasteiger partial charge is 0.257 e. The molecule has 0 saturated carbocycles. The Bertz CT molecular complexity index is 371.